The van der Waals surface area contributed by atoms with Crippen molar-refractivity contribution < 1.29 is 0 Å². The SMILES string of the molecule is C=CCCCCCC.[SiH4].c1ccc(-c2c(-c3ccccc3)c(-c3ccccc3)c(-c3ccccc3)c(-c3ccccc3)c2-c2ccccc2)cc1. The number of rotatable bonds is 11. The van der Waals surface area contributed by atoms with Crippen LogP contribution in [-0.2, 0) is 0 Å². The van der Waals surface area contributed by atoms with Crippen LogP contribution in [0.5, 0.6) is 0 Å². The second kappa shape index (κ2) is 19.0. The fourth-order valence-corrected chi connectivity index (χ4v) is 6.83. The largest absolute Gasteiger partial charge is 0.103 e. The molecule has 0 radical (unpaired) electrons. The van der Waals surface area contributed by atoms with Crippen LogP contribution in [0, 0.1) is 0 Å². The first-order valence-corrected chi connectivity index (χ1v) is 18.0. The molecule has 0 fully saturated rings. The van der Waals surface area contributed by atoms with E-state index in [0.717, 1.165) is 0 Å². The fourth-order valence-electron chi connectivity index (χ4n) is 6.83. The minimum absolute atomic E-state index is 0. The molecule has 0 aliphatic heterocycles. The molecule has 0 heterocycles. The van der Waals surface area contributed by atoms with E-state index in [4.69, 9.17) is 0 Å². The van der Waals surface area contributed by atoms with Crippen LogP contribution >= 0.6 is 0 Å². The molecule has 7 rings (SSSR count). The Kier molecular flexibility index (Phi) is 13.7. The Morgan fingerprint density at radius 2 is 0.549 bits per heavy atom. The summed E-state index contributed by atoms with van der Waals surface area (Å²) in [4.78, 5) is 0. The minimum Gasteiger partial charge on any atom is -0.103 e. The predicted octanol–water partition coefficient (Wildman–Crippen LogP) is 13.4. The number of unbranched alkanes of at least 4 members (excludes halogenated alkanes) is 4. The Bertz CT molecular complexity index is 1660. The van der Waals surface area contributed by atoms with Gasteiger partial charge in [-0.2, -0.15) is 0 Å². The molecule has 7 aromatic carbocycles. The Labute approximate surface area is 310 Å². The van der Waals surface area contributed by atoms with Crippen molar-refractivity contribution >= 4 is 11.0 Å². The molecule has 51 heavy (non-hydrogen) atoms. The molecule has 254 valence electrons. The normalized spacial score (nSPS) is 10.4. The van der Waals surface area contributed by atoms with Crippen LogP contribution in [0.2, 0.25) is 0 Å². The van der Waals surface area contributed by atoms with Gasteiger partial charge in [-0.3, -0.25) is 0 Å². The Morgan fingerprint density at radius 1 is 0.333 bits per heavy atom. The summed E-state index contributed by atoms with van der Waals surface area (Å²) in [6.07, 6.45) is 8.61. The van der Waals surface area contributed by atoms with Gasteiger partial charge in [-0.1, -0.05) is 214 Å². The summed E-state index contributed by atoms with van der Waals surface area (Å²) >= 11 is 0. The minimum atomic E-state index is 0. The zero-order valence-corrected chi connectivity index (χ0v) is 29.1. The second-order valence-electron chi connectivity index (χ2n) is 12.6. The van der Waals surface area contributed by atoms with Gasteiger partial charge in [0.2, 0.25) is 0 Å². The van der Waals surface area contributed by atoms with E-state index in [0.29, 0.717) is 0 Å². The average molecular weight is 679 g/mol. The van der Waals surface area contributed by atoms with Crippen molar-refractivity contribution in [3.8, 4) is 66.8 Å². The van der Waals surface area contributed by atoms with Crippen LogP contribution in [0.25, 0.3) is 66.8 Å². The van der Waals surface area contributed by atoms with Crippen molar-refractivity contribution in [2.24, 2.45) is 0 Å². The molecule has 0 bridgehead atoms. The van der Waals surface area contributed by atoms with Crippen LogP contribution < -0.4 is 0 Å². The first-order valence-electron chi connectivity index (χ1n) is 18.0. The lowest BCUT2D eigenvalue weighted by atomic mass is 9.74. The standard InChI is InChI=1S/C42H30.C8H16.H4Si/c1-7-19-31(20-8-1)37-38(32-21-9-2-10-22-32)40(34-25-13-4-14-26-34)42(36-29-17-6-18-30-36)41(35-27-15-5-16-28-35)39(37)33-23-11-3-12-24-33;1-3-5-7-8-6-4-2;/h1-30H;3H,1,4-8H2,2H3;1H4. The third kappa shape index (κ3) is 8.81. The zero-order chi connectivity index (χ0) is 34.4. The Balaban J connectivity index is 0.000000504. The molecule has 0 aliphatic rings. The van der Waals surface area contributed by atoms with Gasteiger partial charge in [0.1, 0.15) is 0 Å². The highest BCUT2D eigenvalue weighted by molar-refractivity contribution is 6.15. The average Bonchev–Trinajstić information content (AvgIpc) is 3.20. The van der Waals surface area contributed by atoms with Crippen LogP contribution in [0.15, 0.2) is 195 Å². The second-order valence-corrected chi connectivity index (χ2v) is 12.6. The monoisotopic (exact) mass is 678 g/mol. The molecule has 0 saturated heterocycles. The molecule has 0 aliphatic carbocycles. The topological polar surface area (TPSA) is 0 Å². The van der Waals surface area contributed by atoms with Gasteiger partial charge in [0.25, 0.3) is 0 Å². The molecule has 0 amide bonds. The molecular weight excluding hydrogens is 629 g/mol. The van der Waals surface area contributed by atoms with E-state index in [1.807, 2.05) is 6.08 Å². The molecule has 1 heteroatoms. The van der Waals surface area contributed by atoms with Crippen molar-refractivity contribution in [3.63, 3.8) is 0 Å². The summed E-state index contributed by atoms with van der Waals surface area (Å²) in [5.74, 6) is 0. The van der Waals surface area contributed by atoms with Gasteiger partial charge in [-0.25, -0.2) is 0 Å². The van der Waals surface area contributed by atoms with E-state index in [2.05, 4.69) is 195 Å². The van der Waals surface area contributed by atoms with Crippen molar-refractivity contribution in [1.29, 1.82) is 0 Å². The zero-order valence-electron chi connectivity index (χ0n) is 29.1. The van der Waals surface area contributed by atoms with E-state index in [1.165, 1.54) is 98.9 Å². The number of allylic oxidation sites excluding steroid dienone is 1. The van der Waals surface area contributed by atoms with Gasteiger partial charge in [-0.15, -0.1) is 6.58 Å². The highest BCUT2D eigenvalue weighted by Crippen LogP contribution is 2.55. The van der Waals surface area contributed by atoms with E-state index < -0.39 is 0 Å². The molecule has 7 aromatic rings. The molecule has 0 N–H and O–H groups in total. The molecule has 0 atom stereocenters. The van der Waals surface area contributed by atoms with Crippen molar-refractivity contribution in [2.45, 2.75) is 39.0 Å². The van der Waals surface area contributed by atoms with Gasteiger partial charge in [-0.05, 0) is 90.6 Å². The first-order chi connectivity index (χ1) is 24.8. The van der Waals surface area contributed by atoms with Gasteiger partial charge in [0.15, 0.2) is 0 Å². The summed E-state index contributed by atoms with van der Waals surface area (Å²) < 4.78 is 0. The van der Waals surface area contributed by atoms with Crippen LogP contribution in [0.1, 0.15) is 39.0 Å². The van der Waals surface area contributed by atoms with Crippen molar-refractivity contribution in [3.05, 3.63) is 195 Å². The lowest BCUT2D eigenvalue weighted by Crippen LogP contribution is -2.02. The Hall–Kier alpha value is -5.50. The van der Waals surface area contributed by atoms with Gasteiger partial charge in [0, 0.05) is 0 Å². The van der Waals surface area contributed by atoms with Crippen LogP contribution in [-0.4, -0.2) is 11.0 Å². The smallest absolute Gasteiger partial charge is 0.00139 e. The molecule has 0 saturated carbocycles. The highest BCUT2D eigenvalue weighted by atomic mass is 28.1. The lowest BCUT2D eigenvalue weighted by molar-refractivity contribution is 0.675. The van der Waals surface area contributed by atoms with E-state index in [9.17, 15) is 0 Å². The molecule has 0 aromatic heterocycles. The summed E-state index contributed by atoms with van der Waals surface area (Å²) in [5.41, 5.74) is 14.6. The first kappa shape index (κ1) is 36.8. The molecule has 0 spiro atoms. The lowest BCUT2D eigenvalue weighted by Gasteiger charge is -2.28. The van der Waals surface area contributed by atoms with Crippen molar-refractivity contribution in [2.75, 3.05) is 0 Å². The maximum absolute atomic E-state index is 3.66. The van der Waals surface area contributed by atoms with E-state index in [1.54, 1.807) is 0 Å². The molecule has 0 nitrogen and oxygen atoms in total. The fraction of sp³-hybridized carbons (Fsp3) is 0.120. The number of hydrogen-bond donors (Lipinski definition) is 0. The van der Waals surface area contributed by atoms with Gasteiger partial charge >= 0.3 is 0 Å². The molecular formula is C50H50Si. The summed E-state index contributed by atoms with van der Waals surface area (Å²) in [6.45, 7) is 5.89. The molecule has 0 unspecified atom stereocenters. The number of benzene rings is 7. The van der Waals surface area contributed by atoms with Crippen LogP contribution in [0.3, 0.4) is 0 Å². The van der Waals surface area contributed by atoms with E-state index in [-0.39, 0.29) is 11.0 Å². The number of hydrogen-bond acceptors (Lipinski definition) is 0. The maximum atomic E-state index is 3.66. The predicted molar refractivity (Wildman–Crippen MR) is 229 cm³/mol. The summed E-state index contributed by atoms with van der Waals surface area (Å²) in [7, 11) is 0. The summed E-state index contributed by atoms with van der Waals surface area (Å²) in [6, 6.07) is 65.4. The highest BCUT2D eigenvalue weighted by Gasteiger charge is 2.28. The third-order valence-electron chi connectivity index (χ3n) is 9.14. The van der Waals surface area contributed by atoms with E-state index >= 15 is 0 Å². The Morgan fingerprint density at radius 3 is 0.725 bits per heavy atom. The van der Waals surface area contributed by atoms with Gasteiger partial charge in [0.05, 0.1) is 0 Å². The quantitative estimate of drug-likeness (QED) is 0.0726. The third-order valence-corrected chi connectivity index (χ3v) is 9.14. The maximum Gasteiger partial charge on any atom is -0.00139 e. The van der Waals surface area contributed by atoms with Crippen LogP contribution in [0.4, 0.5) is 0 Å². The summed E-state index contributed by atoms with van der Waals surface area (Å²) in [5, 5.41) is 0. The van der Waals surface area contributed by atoms with Gasteiger partial charge < -0.3 is 0 Å². The van der Waals surface area contributed by atoms with Crippen molar-refractivity contribution in [1.82, 2.24) is 0 Å².